The fraction of sp³-hybridized carbons (Fsp3) is 1.00. The van der Waals surface area contributed by atoms with Crippen LogP contribution in [0.1, 0.15) is 117 Å². The molecule has 0 bridgehead atoms. The number of hydrogen-bond donors (Lipinski definition) is 2. The first-order chi connectivity index (χ1) is 12.7. The maximum atomic E-state index is 11.3. The Kier molecular flexibility index (Phi) is 18.9. The van der Waals surface area contributed by atoms with E-state index in [1.165, 1.54) is 84.0 Å². The molecule has 0 aromatic carbocycles. The van der Waals surface area contributed by atoms with Crippen molar-refractivity contribution in [1.82, 2.24) is 6.15 Å². The molecule has 6 nitrogen and oxygen atoms in total. The Hall–Kier alpha value is -0.210. The van der Waals surface area contributed by atoms with Crippen LogP contribution >= 0.6 is 0 Å². The molecule has 0 saturated carbocycles. The summed E-state index contributed by atoms with van der Waals surface area (Å²) in [6, 6.07) is 0. The van der Waals surface area contributed by atoms with Gasteiger partial charge < -0.3 is 11.3 Å². The summed E-state index contributed by atoms with van der Waals surface area (Å²) in [5, 5.41) is 10.2. The first kappa shape index (κ1) is 30.0. The summed E-state index contributed by atoms with van der Waals surface area (Å²) in [5.74, 6) is -2.01. The molecule has 7 heteroatoms. The highest BCUT2D eigenvalue weighted by Gasteiger charge is 2.34. The SMILES string of the molecule is CCCCCCCCCCCCCCCCC(C)C(C)(O)OS(=O)(=O)OC.N. The monoisotopic (exact) mass is 425 g/mol. The normalized spacial score (nSPS) is 15.0. The van der Waals surface area contributed by atoms with E-state index in [-0.39, 0.29) is 12.1 Å². The molecule has 0 heterocycles. The van der Waals surface area contributed by atoms with Crippen molar-refractivity contribution in [2.24, 2.45) is 5.92 Å². The van der Waals surface area contributed by atoms with Crippen LogP contribution in [0.4, 0.5) is 0 Å². The first-order valence-electron chi connectivity index (χ1n) is 11.0. The number of unbranched alkanes of at least 4 members (excludes halogenated alkanes) is 13. The van der Waals surface area contributed by atoms with E-state index in [9.17, 15) is 13.5 Å². The minimum Gasteiger partial charge on any atom is -0.364 e. The quantitative estimate of drug-likeness (QED) is 0.186. The molecule has 0 aliphatic rings. The molecule has 0 fully saturated rings. The average molecular weight is 426 g/mol. The summed E-state index contributed by atoms with van der Waals surface area (Å²) in [7, 11) is -3.11. The topological polar surface area (TPSA) is 108 Å². The Bertz CT molecular complexity index is 440. The molecule has 2 unspecified atom stereocenters. The van der Waals surface area contributed by atoms with E-state index < -0.39 is 16.2 Å². The van der Waals surface area contributed by atoms with Crippen LogP contribution < -0.4 is 6.15 Å². The van der Waals surface area contributed by atoms with Gasteiger partial charge in [0.05, 0.1) is 7.11 Å². The van der Waals surface area contributed by atoms with Crippen LogP contribution in [0, 0.1) is 5.92 Å². The minimum atomic E-state index is -4.13. The van der Waals surface area contributed by atoms with Crippen molar-refractivity contribution in [2.75, 3.05) is 7.11 Å². The third-order valence-electron chi connectivity index (χ3n) is 5.38. The van der Waals surface area contributed by atoms with Crippen LogP contribution in [0.15, 0.2) is 0 Å². The van der Waals surface area contributed by atoms with Crippen molar-refractivity contribution in [1.29, 1.82) is 0 Å². The summed E-state index contributed by atoms with van der Waals surface area (Å²) >= 11 is 0. The van der Waals surface area contributed by atoms with Gasteiger partial charge in [-0.15, -0.1) is 0 Å². The Morgan fingerprint density at radius 2 is 1.18 bits per heavy atom. The molecule has 0 aromatic heterocycles. The lowest BCUT2D eigenvalue weighted by Crippen LogP contribution is -2.38. The fourth-order valence-corrected chi connectivity index (χ4v) is 3.88. The molecule has 0 spiro atoms. The second-order valence-corrected chi connectivity index (χ2v) is 9.32. The molecule has 0 radical (unpaired) electrons. The molecule has 0 aliphatic heterocycles. The predicted octanol–water partition coefficient (Wildman–Crippen LogP) is 6.27. The van der Waals surface area contributed by atoms with Crippen molar-refractivity contribution in [3.63, 3.8) is 0 Å². The highest BCUT2D eigenvalue weighted by Crippen LogP contribution is 2.26. The van der Waals surface area contributed by atoms with Gasteiger partial charge in [0.2, 0.25) is 0 Å². The lowest BCUT2D eigenvalue weighted by atomic mass is 9.95. The lowest BCUT2D eigenvalue weighted by molar-refractivity contribution is -0.162. The molecule has 172 valence electrons. The zero-order valence-corrected chi connectivity index (χ0v) is 19.7. The van der Waals surface area contributed by atoms with Crippen molar-refractivity contribution >= 4 is 10.4 Å². The Labute approximate surface area is 174 Å². The molecule has 0 aromatic rings. The van der Waals surface area contributed by atoms with Gasteiger partial charge in [-0.3, -0.25) is 4.18 Å². The average Bonchev–Trinajstić information content (AvgIpc) is 2.61. The number of rotatable bonds is 19. The van der Waals surface area contributed by atoms with Gasteiger partial charge >= 0.3 is 10.4 Å². The van der Waals surface area contributed by atoms with Gasteiger partial charge in [0.25, 0.3) is 0 Å². The molecule has 0 saturated heterocycles. The van der Waals surface area contributed by atoms with Crippen LogP contribution in [-0.4, -0.2) is 26.4 Å². The standard InChI is InChI=1S/C21H44O5S.H3N/c1-5-6-7-8-9-10-11-12-13-14-15-16-17-18-19-20(2)21(3,22)26-27(23,24)25-4;/h20,22H,5-19H2,1-4H3;1H3. The van der Waals surface area contributed by atoms with E-state index in [2.05, 4.69) is 11.1 Å². The van der Waals surface area contributed by atoms with Crippen molar-refractivity contribution in [3.8, 4) is 0 Å². The molecule has 28 heavy (non-hydrogen) atoms. The van der Waals surface area contributed by atoms with Gasteiger partial charge in [-0.05, 0) is 13.3 Å². The molecular formula is C21H47NO5S. The maximum absolute atomic E-state index is 11.3. The van der Waals surface area contributed by atoms with E-state index in [4.69, 9.17) is 4.18 Å². The van der Waals surface area contributed by atoms with Crippen LogP contribution in [0.5, 0.6) is 0 Å². The minimum absolute atomic E-state index is 0. The fourth-order valence-electron chi connectivity index (χ4n) is 3.24. The van der Waals surface area contributed by atoms with E-state index >= 15 is 0 Å². The van der Waals surface area contributed by atoms with Gasteiger partial charge in [-0.1, -0.05) is 104 Å². The second-order valence-electron chi connectivity index (χ2n) is 8.00. The van der Waals surface area contributed by atoms with Gasteiger partial charge in [-0.2, -0.15) is 8.42 Å². The van der Waals surface area contributed by atoms with Crippen LogP contribution in [0.3, 0.4) is 0 Å². The van der Waals surface area contributed by atoms with E-state index in [0.29, 0.717) is 0 Å². The smallest absolute Gasteiger partial charge is 0.364 e. The van der Waals surface area contributed by atoms with E-state index in [0.717, 1.165) is 26.4 Å². The molecular weight excluding hydrogens is 378 g/mol. The molecule has 0 amide bonds. The maximum Gasteiger partial charge on any atom is 0.402 e. The van der Waals surface area contributed by atoms with E-state index in [1.54, 1.807) is 6.92 Å². The van der Waals surface area contributed by atoms with Crippen LogP contribution in [-0.2, 0) is 18.8 Å². The molecule has 0 aliphatic carbocycles. The molecule has 2 atom stereocenters. The van der Waals surface area contributed by atoms with Gasteiger partial charge in [-0.25, -0.2) is 4.18 Å². The summed E-state index contributed by atoms with van der Waals surface area (Å²) in [6.45, 7) is 5.43. The molecule has 4 N–H and O–H groups in total. The van der Waals surface area contributed by atoms with E-state index in [1.807, 2.05) is 0 Å². The Morgan fingerprint density at radius 1 is 0.821 bits per heavy atom. The number of aliphatic hydroxyl groups is 1. The lowest BCUT2D eigenvalue weighted by Gasteiger charge is -2.28. The Morgan fingerprint density at radius 3 is 1.54 bits per heavy atom. The largest absolute Gasteiger partial charge is 0.402 e. The van der Waals surface area contributed by atoms with Gasteiger partial charge in [0, 0.05) is 5.92 Å². The van der Waals surface area contributed by atoms with Crippen molar-refractivity contribution in [2.45, 2.75) is 123 Å². The third-order valence-corrected chi connectivity index (χ3v) is 6.33. The van der Waals surface area contributed by atoms with Gasteiger partial charge in [0.1, 0.15) is 0 Å². The van der Waals surface area contributed by atoms with Crippen LogP contribution in [0.25, 0.3) is 0 Å². The summed E-state index contributed by atoms with van der Waals surface area (Å²) < 4.78 is 31.6. The van der Waals surface area contributed by atoms with Gasteiger partial charge in [0.15, 0.2) is 5.79 Å². The zero-order chi connectivity index (χ0) is 20.6. The zero-order valence-electron chi connectivity index (χ0n) is 18.9. The summed E-state index contributed by atoms with van der Waals surface area (Å²) in [6.07, 6.45) is 18.9. The first-order valence-corrected chi connectivity index (χ1v) is 12.3. The second kappa shape index (κ2) is 17.6. The third kappa shape index (κ3) is 16.7. The predicted molar refractivity (Wildman–Crippen MR) is 117 cm³/mol. The van der Waals surface area contributed by atoms with Crippen molar-refractivity contribution in [3.05, 3.63) is 0 Å². The molecule has 0 rings (SSSR count). The Balaban J connectivity index is 0. The van der Waals surface area contributed by atoms with Crippen LogP contribution in [0.2, 0.25) is 0 Å². The number of hydrogen-bond acceptors (Lipinski definition) is 6. The van der Waals surface area contributed by atoms with Crippen molar-refractivity contribution < 1.29 is 21.9 Å². The highest BCUT2D eigenvalue weighted by molar-refractivity contribution is 7.81. The summed E-state index contributed by atoms with van der Waals surface area (Å²) in [5.41, 5.74) is 0. The highest BCUT2D eigenvalue weighted by atomic mass is 32.3. The summed E-state index contributed by atoms with van der Waals surface area (Å²) in [4.78, 5) is 0.